The molecule has 4 rings (SSSR count). The number of carbonyl (C=O) groups is 1. The molecule has 2 heterocycles. The standard InChI is InChI=1S/C19H16ClN3O3/c1-22-15(13-4-7-17-18(8-13)26-11-25-17)9-23(19(22)21)10-16(24)12-2-5-14(20)6-3-12/h2-9,21H,10-11H2,1H3/p+1. The normalized spacial score (nSPS) is 12.4. The van der Waals surface area contributed by atoms with Crippen molar-refractivity contribution < 1.29 is 18.8 Å². The van der Waals surface area contributed by atoms with E-state index < -0.39 is 0 Å². The zero-order chi connectivity index (χ0) is 18.3. The smallest absolute Gasteiger partial charge is 0.355 e. The highest BCUT2D eigenvalue weighted by molar-refractivity contribution is 6.30. The maximum atomic E-state index is 12.5. The molecular formula is C19H17ClN3O3+. The number of benzene rings is 2. The highest BCUT2D eigenvalue weighted by Gasteiger charge is 2.22. The van der Waals surface area contributed by atoms with Gasteiger partial charge in [-0.2, -0.15) is 0 Å². The van der Waals surface area contributed by atoms with Crippen LogP contribution >= 0.6 is 11.6 Å². The molecule has 6 nitrogen and oxygen atoms in total. The summed E-state index contributed by atoms with van der Waals surface area (Å²) in [5, 5.41) is 0.596. The molecule has 0 atom stereocenters. The second-order valence-corrected chi connectivity index (χ2v) is 6.49. The largest absolute Gasteiger partial charge is 0.454 e. The van der Waals surface area contributed by atoms with Gasteiger partial charge in [-0.05, 0) is 42.5 Å². The minimum Gasteiger partial charge on any atom is -0.454 e. The number of ketones is 1. The van der Waals surface area contributed by atoms with Gasteiger partial charge in [0.2, 0.25) is 6.79 Å². The molecule has 26 heavy (non-hydrogen) atoms. The topological polar surface area (TPSA) is 70.4 Å². The molecule has 7 heteroatoms. The van der Waals surface area contributed by atoms with Gasteiger partial charge in [-0.15, -0.1) is 0 Å². The highest BCUT2D eigenvalue weighted by Crippen LogP contribution is 2.35. The number of aromatic nitrogens is 2. The molecule has 1 aliphatic heterocycles. The minimum atomic E-state index is -0.0406. The molecule has 0 saturated heterocycles. The third-order valence-corrected chi connectivity index (χ3v) is 4.68. The van der Waals surface area contributed by atoms with Crippen LogP contribution in [0.5, 0.6) is 11.5 Å². The van der Waals surface area contributed by atoms with Gasteiger partial charge < -0.3 is 9.47 Å². The number of ether oxygens (including phenoxy) is 2. The molecule has 0 unspecified atom stereocenters. The zero-order valence-electron chi connectivity index (χ0n) is 14.1. The number of hydrogen-bond donors (Lipinski definition) is 1. The van der Waals surface area contributed by atoms with Gasteiger partial charge in [-0.1, -0.05) is 11.6 Å². The van der Waals surface area contributed by atoms with Gasteiger partial charge in [-0.3, -0.25) is 10.5 Å². The number of imidazole rings is 1. The van der Waals surface area contributed by atoms with Crippen molar-refractivity contribution in [2.45, 2.75) is 6.54 Å². The maximum Gasteiger partial charge on any atom is 0.355 e. The average Bonchev–Trinajstić information content (AvgIpc) is 3.21. The first-order chi connectivity index (χ1) is 12.5. The summed E-state index contributed by atoms with van der Waals surface area (Å²) in [6.07, 6.45) is 1.86. The molecule has 0 fully saturated rings. The van der Waals surface area contributed by atoms with Crippen LogP contribution in [0, 0.1) is 0 Å². The lowest BCUT2D eigenvalue weighted by Crippen LogP contribution is -2.39. The molecular weight excluding hydrogens is 354 g/mol. The molecule has 132 valence electrons. The van der Waals surface area contributed by atoms with E-state index in [4.69, 9.17) is 26.8 Å². The fraction of sp³-hybridized carbons (Fsp3) is 0.158. The van der Waals surface area contributed by atoms with E-state index in [2.05, 4.69) is 0 Å². The Balaban J connectivity index is 1.63. The van der Waals surface area contributed by atoms with E-state index in [1.807, 2.05) is 36.0 Å². The molecule has 0 aliphatic carbocycles. The monoisotopic (exact) mass is 370 g/mol. The number of rotatable bonds is 4. The van der Waals surface area contributed by atoms with E-state index in [1.165, 1.54) is 0 Å². The summed E-state index contributed by atoms with van der Waals surface area (Å²) in [5.41, 5.74) is 8.60. The predicted octanol–water partition coefficient (Wildman–Crippen LogP) is 2.83. The van der Waals surface area contributed by atoms with Gasteiger partial charge in [-0.25, -0.2) is 9.13 Å². The molecule has 0 radical (unpaired) electrons. The average molecular weight is 371 g/mol. The quantitative estimate of drug-likeness (QED) is 0.566. The fourth-order valence-electron chi connectivity index (χ4n) is 2.95. The summed E-state index contributed by atoms with van der Waals surface area (Å²) in [5.74, 6) is 1.87. The molecule has 2 aromatic carbocycles. The van der Waals surface area contributed by atoms with Crippen LogP contribution in [-0.4, -0.2) is 17.1 Å². The number of carbonyl (C=O) groups excluding carboxylic acids is 1. The molecule has 0 spiro atoms. The number of nitrogens with zero attached hydrogens (tertiary/aromatic N) is 2. The summed E-state index contributed by atoms with van der Waals surface area (Å²) >= 11 is 5.87. The zero-order valence-corrected chi connectivity index (χ0v) is 14.9. The van der Waals surface area contributed by atoms with Crippen molar-refractivity contribution in [1.82, 2.24) is 4.57 Å². The van der Waals surface area contributed by atoms with Gasteiger partial charge in [0.15, 0.2) is 17.3 Å². The summed E-state index contributed by atoms with van der Waals surface area (Å²) in [6.45, 7) is 0.371. The number of nitrogen functional groups attached to an aromatic ring is 1. The minimum absolute atomic E-state index is 0.0406. The van der Waals surface area contributed by atoms with Crippen molar-refractivity contribution >= 4 is 23.3 Å². The molecule has 0 amide bonds. The van der Waals surface area contributed by atoms with E-state index in [0.717, 1.165) is 17.0 Å². The van der Waals surface area contributed by atoms with Crippen molar-refractivity contribution in [3.63, 3.8) is 0 Å². The lowest BCUT2D eigenvalue weighted by molar-refractivity contribution is -0.667. The first-order valence-corrected chi connectivity index (χ1v) is 8.44. The molecule has 2 N–H and O–H groups in total. The number of halogens is 1. The number of Topliss-reactive ketones (excluding diaryl/α,β-unsaturated/α-hetero) is 1. The Hall–Kier alpha value is -2.99. The number of hydrogen-bond acceptors (Lipinski definition) is 4. The van der Waals surface area contributed by atoms with Gasteiger partial charge in [0.1, 0.15) is 18.4 Å². The molecule has 1 aliphatic rings. The second-order valence-electron chi connectivity index (χ2n) is 6.06. The Kier molecular flexibility index (Phi) is 4.05. The van der Waals surface area contributed by atoms with Crippen LogP contribution in [0.1, 0.15) is 10.4 Å². The number of nitrogens with two attached hydrogens (primary N) is 1. The Morgan fingerprint density at radius 2 is 1.92 bits per heavy atom. The van der Waals surface area contributed by atoms with Gasteiger partial charge in [0.05, 0.1) is 7.05 Å². The van der Waals surface area contributed by atoms with E-state index in [0.29, 0.717) is 22.3 Å². The highest BCUT2D eigenvalue weighted by atomic mass is 35.5. The van der Waals surface area contributed by atoms with Crippen LogP contribution in [0.25, 0.3) is 11.3 Å². The Morgan fingerprint density at radius 1 is 1.19 bits per heavy atom. The molecule has 1 aromatic heterocycles. The summed E-state index contributed by atoms with van der Waals surface area (Å²) < 4.78 is 14.4. The molecule has 3 aromatic rings. The van der Waals surface area contributed by atoms with Crippen molar-refractivity contribution in [3.05, 3.63) is 59.2 Å². The Morgan fingerprint density at radius 3 is 2.69 bits per heavy atom. The molecule has 0 saturated carbocycles. The molecule has 0 bridgehead atoms. The summed E-state index contributed by atoms with van der Waals surface area (Å²) in [6, 6.07) is 12.5. The van der Waals surface area contributed by atoms with Crippen LogP contribution in [0.4, 0.5) is 5.95 Å². The van der Waals surface area contributed by atoms with E-state index in [9.17, 15) is 4.79 Å². The Labute approximate surface area is 155 Å². The third-order valence-electron chi connectivity index (χ3n) is 4.43. The van der Waals surface area contributed by atoms with E-state index >= 15 is 0 Å². The lowest BCUT2D eigenvalue weighted by atomic mass is 10.1. The van der Waals surface area contributed by atoms with E-state index in [1.54, 1.807) is 28.8 Å². The number of fused-ring (bicyclic) bond motifs is 1. The lowest BCUT2D eigenvalue weighted by Gasteiger charge is -2.01. The van der Waals surface area contributed by atoms with Crippen molar-refractivity contribution in [3.8, 4) is 22.8 Å². The van der Waals surface area contributed by atoms with Crippen LogP contribution in [0.15, 0.2) is 48.7 Å². The van der Waals surface area contributed by atoms with Gasteiger partial charge in [0.25, 0.3) is 0 Å². The number of anilines is 1. The Bertz CT molecular complexity index is 996. The summed E-state index contributed by atoms with van der Waals surface area (Å²) in [4.78, 5) is 12.5. The van der Waals surface area contributed by atoms with Crippen LogP contribution in [-0.2, 0) is 13.6 Å². The first kappa shape index (κ1) is 16.5. The van der Waals surface area contributed by atoms with Gasteiger partial charge >= 0.3 is 5.95 Å². The SMILES string of the molecule is Cn1c(-c2ccc3c(c2)OCO3)c[n+](CC(=O)c2ccc(Cl)cc2)c1N. The van der Waals surface area contributed by atoms with Crippen molar-refractivity contribution in [1.29, 1.82) is 0 Å². The predicted molar refractivity (Wildman–Crippen MR) is 97.4 cm³/mol. The van der Waals surface area contributed by atoms with Gasteiger partial charge in [0, 0.05) is 16.1 Å². The van der Waals surface area contributed by atoms with Crippen LogP contribution in [0.3, 0.4) is 0 Å². The summed E-state index contributed by atoms with van der Waals surface area (Å²) in [7, 11) is 1.86. The van der Waals surface area contributed by atoms with Crippen LogP contribution in [0.2, 0.25) is 5.02 Å². The van der Waals surface area contributed by atoms with Crippen molar-refractivity contribution in [2.75, 3.05) is 12.5 Å². The third kappa shape index (κ3) is 2.88. The fourth-order valence-corrected chi connectivity index (χ4v) is 3.07. The van der Waals surface area contributed by atoms with Crippen LogP contribution < -0.4 is 19.8 Å². The maximum absolute atomic E-state index is 12.5. The van der Waals surface area contributed by atoms with E-state index in [-0.39, 0.29) is 19.1 Å². The second kappa shape index (κ2) is 6.38. The first-order valence-electron chi connectivity index (χ1n) is 8.06. The van der Waals surface area contributed by atoms with Crippen molar-refractivity contribution in [2.24, 2.45) is 7.05 Å².